The minimum Gasteiger partial charge on any atom is -0.376 e. The summed E-state index contributed by atoms with van der Waals surface area (Å²) in [5, 5.41) is 2.30. The standard InChI is InChI=1S/C5H7NOS/c8-4-6-3-5-1-2-7-5/h5H,1-3H2. The summed E-state index contributed by atoms with van der Waals surface area (Å²) >= 11 is 4.37. The molecule has 44 valence electrons. The SMILES string of the molecule is S=C=NCC1CCO1. The summed E-state index contributed by atoms with van der Waals surface area (Å²) in [7, 11) is 0. The van der Waals surface area contributed by atoms with E-state index < -0.39 is 0 Å². The van der Waals surface area contributed by atoms with Crippen LogP contribution in [0.2, 0.25) is 0 Å². The lowest BCUT2D eigenvalue weighted by molar-refractivity contribution is -0.0431. The van der Waals surface area contributed by atoms with Crippen LogP contribution >= 0.6 is 12.2 Å². The molecule has 0 radical (unpaired) electrons. The lowest BCUT2D eigenvalue weighted by Gasteiger charge is -2.23. The Bertz CT molecular complexity index is 116. The highest BCUT2D eigenvalue weighted by Gasteiger charge is 2.16. The Morgan fingerprint density at radius 1 is 1.88 bits per heavy atom. The summed E-state index contributed by atoms with van der Waals surface area (Å²) in [5.74, 6) is 0. The van der Waals surface area contributed by atoms with Crippen molar-refractivity contribution in [2.45, 2.75) is 12.5 Å². The first kappa shape index (κ1) is 5.89. The third-order valence-electron chi connectivity index (χ3n) is 1.15. The number of hydrogen-bond donors (Lipinski definition) is 0. The average Bonchev–Trinajstić information content (AvgIpc) is 1.63. The van der Waals surface area contributed by atoms with Crippen molar-refractivity contribution in [3.8, 4) is 0 Å². The molecular formula is C5H7NOS. The zero-order valence-electron chi connectivity index (χ0n) is 4.46. The third-order valence-corrected chi connectivity index (χ3v) is 1.28. The maximum atomic E-state index is 5.05. The first-order valence-electron chi connectivity index (χ1n) is 2.58. The van der Waals surface area contributed by atoms with Crippen LogP contribution in [0, 0.1) is 0 Å². The fraction of sp³-hybridized carbons (Fsp3) is 0.800. The number of hydrogen-bond acceptors (Lipinski definition) is 3. The van der Waals surface area contributed by atoms with Gasteiger partial charge in [0.25, 0.3) is 0 Å². The van der Waals surface area contributed by atoms with Gasteiger partial charge in [0.15, 0.2) is 0 Å². The lowest BCUT2D eigenvalue weighted by Crippen LogP contribution is -2.29. The normalized spacial score (nSPS) is 25.8. The van der Waals surface area contributed by atoms with E-state index in [-0.39, 0.29) is 0 Å². The fourth-order valence-electron chi connectivity index (χ4n) is 0.568. The number of aliphatic imine (C=N–C) groups is 1. The van der Waals surface area contributed by atoms with E-state index in [1.54, 1.807) is 0 Å². The van der Waals surface area contributed by atoms with Crippen LogP contribution in [-0.2, 0) is 4.74 Å². The van der Waals surface area contributed by atoms with Gasteiger partial charge < -0.3 is 4.74 Å². The van der Waals surface area contributed by atoms with Crippen LogP contribution in [0.3, 0.4) is 0 Å². The van der Waals surface area contributed by atoms with Crippen molar-refractivity contribution in [2.75, 3.05) is 13.2 Å². The van der Waals surface area contributed by atoms with Crippen molar-refractivity contribution in [1.82, 2.24) is 0 Å². The van der Waals surface area contributed by atoms with E-state index in [0.717, 1.165) is 13.0 Å². The van der Waals surface area contributed by atoms with E-state index in [9.17, 15) is 0 Å². The van der Waals surface area contributed by atoms with Crippen LogP contribution in [0.5, 0.6) is 0 Å². The Labute approximate surface area is 53.6 Å². The predicted octanol–water partition coefficient (Wildman–Crippen LogP) is 0.878. The van der Waals surface area contributed by atoms with Gasteiger partial charge >= 0.3 is 0 Å². The number of ether oxygens (including phenoxy) is 1. The van der Waals surface area contributed by atoms with Gasteiger partial charge in [-0.15, -0.1) is 0 Å². The van der Waals surface area contributed by atoms with Gasteiger partial charge in [0.2, 0.25) is 0 Å². The highest BCUT2D eigenvalue weighted by Crippen LogP contribution is 2.09. The van der Waals surface area contributed by atoms with Crippen LogP contribution in [0.1, 0.15) is 6.42 Å². The predicted molar refractivity (Wildman–Crippen MR) is 34.2 cm³/mol. The van der Waals surface area contributed by atoms with Gasteiger partial charge in [0.05, 0.1) is 17.8 Å². The van der Waals surface area contributed by atoms with E-state index in [0.29, 0.717) is 12.6 Å². The zero-order chi connectivity index (χ0) is 5.82. The smallest absolute Gasteiger partial charge is 0.0800 e. The van der Waals surface area contributed by atoms with Crippen molar-refractivity contribution in [3.05, 3.63) is 0 Å². The Hall–Kier alpha value is -0.240. The largest absolute Gasteiger partial charge is 0.376 e. The minimum absolute atomic E-state index is 0.338. The Balaban J connectivity index is 2.09. The average molecular weight is 129 g/mol. The van der Waals surface area contributed by atoms with Gasteiger partial charge in [0, 0.05) is 6.61 Å². The van der Waals surface area contributed by atoms with Crippen molar-refractivity contribution >= 4 is 17.4 Å². The lowest BCUT2D eigenvalue weighted by atomic mass is 10.2. The molecule has 1 saturated heterocycles. The number of rotatable bonds is 2. The van der Waals surface area contributed by atoms with Crippen molar-refractivity contribution in [1.29, 1.82) is 0 Å². The molecule has 0 aromatic rings. The number of thiocarbonyl (C=S) groups is 1. The highest BCUT2D eigenvalue weighted by atomic mass is 32.1. The molecule has 0 amide bonds. The molecule has 0 aromatic heterocycles. The summed E-state index contributed by atoms with van der Waals surface area (Å²) < 4.78 is 5.05. The van der Waals surface area contributed by atoms with Crippen LogP contribution in [0.25, 0.3) is 0 Å². The second-order valence-electron chi connectivity index (χ2n) is 1.71. The van der Waals surface area contributed by atoms with E-state index in [4.69, 9.17) is 4.74 Å². The van der Waals surface area contributed by atoms with Gasteiger partial charge in [-0.25, -0.2) is 4.99 Å². The van der Waals surface area contributed by atoms with Gasteiger partial charge in [-0.3, -0.25) is 0 Å². The summed E-state index contributed by atoms with van der Waals surface area (Å²) in [6, 6.07) is 0. The zero-order valence-corrected chi connectivity index (χ0v) is 5.28. The molecule has 1 heterocycles. The molecule has 8 heavy (non-hydrogen) atoms. The van der Waals surface area contributed by atoms with Gasteiger partial charge in [-0.2, -0.15) is 0 Å². The topological polar surface area (TPSA) is 21.6 Å². The first-order valence-corrected chi connectivity index (χ1v) is 2.99. The molecule has 0 saturated carbocycles. The second-order valence-corrected chi connectivity index (χ2v) is 1.90. The van der Waals surface area contributed by atoms with Crippen LogP contribution in [0.15, 0.2) is 4.99 Å². The van der Waals surface area contributed by atoms with Gasteiger partial charge in [-0.1, -0.05) is 0 Å². The first-order chi connectivity index (χ1) is 3.93. The van der Waals surface area contributed by atoms with Gasteiger partial charge in [-0.05, 0) is 18.6 Å². The Kier molecular flexibility index (Phi) is 2.15. The van der Waals surface area contributed by atoms with Crippen molar-refractivity contribution < 1.29 is 4.74 Å². The monoisotopic (exact) mass is 129 g/mol. The van der Waals surface area contributed by atoms with Crippen LogP contribution < -0.4 is 0 Å². The number of isothiocyanates is 1. The Morgan fingerprint density at radius 2 is 2.62 bits per heavy atom. The molecule has 1 unspecified atom stereocenters. The van der Waals surface area contributed by atoms with E-state index >= 15 is 0 Å². The molecule has 1 fully saturated rings. The van der Waals surface area contributed by atoms with Crippen molar-refractivity contribution in [2.24, 2.45) is 4.99 Å². The molecule has 0 N–H and O–H groups in total. The second kappa shape index (κ2) is 2.92. The summed E-state index contributed by atoms with van der Waals surface area (Å²) in [4.78, 5) is 3.73. The van der Waals surface area contributed by atoms with Gasteiger partial charge in [0.1, 0.15) is 0 Å². The highest BCUT2D eigenvalue weighted by molar-refractivity contribution is 7.78. The third kappa shape index (κ3) is 1.37. The molecule has 0 bridgehead atoms. The molecule has 2 nitrogen and oxygen atoms in total. The molecule has 0 aliphatic carbocycles. The molecule has 1 aliphatic rings. The quantitative estimate of drug-likeness (QED) is 0.407. The maximum Gasteiger partial charge on any atom is 0.0800 e. The fourth-order valence-corrected chi connectivity index (χ4v) is 0.642. The van der Waals surface area contributed by atoms with E-state index in [2.05, 4.69) is 22.4 Å². The molecule has 1 rings (SSSR count). The number of nitrogens with zero attached hydrogens (tertiary/aromatic N) is 1. The van der Waals surface area contributed by atoms with Crippen LogP contribution in [0.4, 0.5) is 0 Å². The molecule has 3 heteroatoms. The van der Waals surface area contributed by atoms with Crippen LogP contribution in [-0.4, -0.2) is 24.4 Å². The summed E-state index contributed by atoms with van der Waals surface area (Å²) in [5.41, 5.74) is 0. The molecular weight excluding hydrogens is 122 g/mol. The summed E-state index contributed by atoms with van der Waals surface area (Å²) in [6.07, 6.45) is 1.46. The van der Waals surface area contributed by atoms with E-state index in [1.807, 2.05) is 0 Å². The molecule has 1 atom stereocenters. The summed E-state index contributed by atoms with van der Waals surface area (Å²) in [6.45, 7) is 1.58. The van der Waals surface area contributed by atoms with E-state index in [1.165, 1.54) is 0 Å². The van der Waals surface area contributed by atoms with Crippen molar-refractivity contribution in [3.63, 3.8) is 0 Å². The maximum absolute atomic E-state index is 5.05. The Morgan fingerprint density at radius 3 is 3.00 bits per heavy atom. The molecule has 0 aromatic carbocycles. The minimum atomic E-state index is 0.338. The molecule has 1 aliphatic heterocycles. The molecule has 0 spiro atoms.